The van der Waals surface area contributed by atoms with Crippen molar-refractivity contribution in [2.75, 3.05) is 5.32 Å². The van der Waals surface area contributed by atoms with Gasteiger partial charge >= 0.3 is 12.1 Å². The number of carbonyl (C=O) groups is 2. The Morgan fingerprint density at radius 3 is 2.14 bits per heavy atom. The van der Waals surface area contributed by atoms with Gasteiger partial charge in [-0.3, -0.25) is 4.79 Å². The number of carboxylic acids is 1. The normalized spacial score (nSPS) is 11.2. The van der Waals surface area contributed by atoms with Gasteiger partial charge in [0.1, 0.15) is 18.4 Å². The molecule has 0 spiro atoms. The first-order valence-electron chi connectivity index (χ1n) is 7.86. The second kappa shape index (κ2) is 7.51. The maximum atomic E-state index is 12.6. The molecule has 0 aliphatic heterocycles. The molecule has 1 amide bonds. The van der Waals surface area contributed by atoms with Crippen LogP contribution in [0.1, 0.15) is 26.3 Å². The average Bonchev–Trinajstić information content (AvgIpc) is 3.05. The van der Waals surface area contributed by atoms with Gasteiger partial charge in [-0.15, -0.1) is 11.3 Å². The summed E-state index contributed by atoms with van der Waals surface area (Å²) in [6.07, 6.45) is -4.51. The number of benzene rings is 2. The van der Waals surface area contributed by atoms with E-state index >= 15 is 0 Å². The summed E-state index contributed by atoms with van der Waals surface area (Å²) in [7, 11) is 5.63. The summed E-state index contributed by atoms with van der Waals surface area (Å²) in [5.41, 5.74) is 0.531. The monoisotopic (exact) mass is 401 g/mol. The highest BCUT2D eigenvalue weighted by Gasteiger charge is 2.30. The molecular weight excluding hydrogens is 390 g/mol. The van der Waals surface area contributed by atoms with E-state index in [0.717, 1.165) is 35.6 Å². The minimum atomic E-state index is -4.51. The number of carboxylic acid groups (broad SMARTS) is 1. The second-order valence-corrected chi connectivity index (χ2v) is 6.69. The molecule has 0 bridgehead atoms. The zero-order valence-corrected chi connectivity index (χ0v) is 14.9. The van der Waals surface area contributed by atoms with Crippen LogP contribution in [0.25, 0.3) is 11.1 Å². The first kappa shape index (κ1) is 19.7. The number of hydrogen-bond donors (Lipinski definition) is 2. The zero-order chi connectivity index (χ0) is 20.5. The number of anilines is 1. The van der Waals surface area contributed by atoms with Crippen LogP contribution in [-0.2, 0) is 6.18 Å². The van der Waals surface area contributed by atoms with E-state index < -0.39 is 23.6 Å². The van der Waals surface area contributed by atoms with Crippen LogP contribution in [0.3, 0.4) is 0 Å². The van der Waals surface area contributed by atoms with Crippen molar-refractivity contribution in [1.82, 2.24) is 0 Å². The third-order valence-corrected chi connectivity index (χ3v) is 4.82. The van der Waals surface area contributed by atoms with Crippen LogP contribution in [0.2, 0.25) is 0 Å². The Balaban J connectivity index is 1.89. The largest absolute Gasteiger partial charge is 0.478 e. The molecule has 0 atom stereocenters. The average molecular weight is 401 g/mol. The van der Waals surface area contributed by atoms with Crippen molar-refractivity contribution in [3.8, 4) is 11.1 Å². The predicted molar refractivity (Wildman–Crippen MR) is 101 cm³/mol. The summed E-state index contributed by atoms with van der Waals surface area (Å²) in [6.45, 7) is 0. The van der Waals surface area contributed by atoms with Gasteiger partial charge in [-0.05, 0) is 29.8 Å². The molecule has 28 heavy (non-hydrogen) atoms. The number of alkyl halides is 3. The fourth-order valence-electron chi connectivity index (χ4n) is 2.52. The molecule has 0 aliphatic rings. The fourth-order valence-corrected chi connectivity index (χ4v) is 3.48. The number of nitrogens with one attached hydrogen (secondary N) is 1. The minimum absolute atomic E-state index is 0.0215. The minimum Gasteiger partial charge on any atom is -0.478 e. The smallest absolute Gasteiger partial charge is 0.416 e. The fraction of sp³-hybridized carbons (Fsp3) is 0.0526. The molecule has 2 N–H and O–H groups in total. The van der Waals surface area contributed by atoms with Gasteiger partial charge in [-0.1, -0.05) is 29.7 Å². The number of halogens is 3. The van der Waals surface area contributed by atoms with Crippen LogP contribution in [-0.4, -0.2) is 24.8 Å². The molecule has 3 aromatic rings. The molecule has 4 nitrogen and oxygen atoms in total. The van der Waals surface area contributed by atoms with Crippen LogP contribution in [0.15, 0.2) is 53.9 Å². The van der Waals surface area contributed by atoms with Gasteiger partial charge in [0, 0.05) is 16.5 Å². The van der Waals surface area contributed by atoms with Gasteiger partial charge < -0.3 is 10.4 Å². The number of carbonyl (C=O) groups excluding carboxylic acids is 1. The first-order chi connectivity index (χ1) is 13.2. The maximum absolute atomic E-state index is 12.6. The highest BCUT2D eigenvalue weighted by Crippen LogP contribution is 2.36. The highest BCUT2D eigenvalue weighted by molar-refractivity contribution is 7.15. The molecular formula is C19H11BF3NO3S. The van der Waals surface area contributed by atoms with E-state index in [1.165, 1.54) is 0 Å². The molecule has 0 unspecified atom stereocenters. The lowest BCUT2D eigenvalue weighted by molar-refractivity contribution is -0.137. The van der Waals surface area contributed by atoms with E-state index in [9.17, 15) is 27.9 Å². The molecule has 1 aromatic heterocycles. The Hall–Kier alpha value is -3.07. The van der Waals surface area contributed by atoms with Gasteiger partial charge in [-0.2, -0.15) is 13.2 Å². The summed E-state index contributed by atoms with van der Waals surface area (Å²) in [6, 6.07) is 10.2. The Kier molecular flexibility index (Phi) is 5.28. The van der Waals surface area contributed by atoms with Gasteiger partial charge in [0.2, 0.25) is 0 Å². The quantitative estimate of drug-likeness (QED) is 0.645. The van der Waals surface area contributed by atoms with Crippen molar-refractivity contribution < 1.29 is 27.9 Å². The van der Waals surface area contributed by atoms with Gasteiger partial charge in [-0.25, -0.2) is 4.79 Å². The molecule has 0 saturated carbocycles. The molecule has 9 heteroatoms. The molecule has 2 aromatic carbocycles. The highest BCUT2D eigenvalue weighted by atomic mass is 32.1. The van der Waals surface area contributed by atoms with Crippen molar-refractivity contribution >= 4 is 41.5 Å². The third kappa shape index (κ3) is 4.09. The van der Waals surface area contributed by atoms with E-state index in [0.29, 0.717) is 16.6 Å². The number of hydrogen-bond acceptors (Lipinski definition) is 3. The summed E-state index contributed by atoms with van der Waals surface area (Å²) >= 11 is 1.01. The second-order valence-electron chi connectivity index (χ2n) is 5.81. The number of rotatable bonds is 4. The van der Waals surface area contributed by atoms with E-state index in [1.807, 2.05) is 0 Å². The molecule has 140 valence electrons. The lowest BCUT2D eigenvalue weighted by Crippen LogP contribution is -2.14. The van der Waals surface area contributed by atoms with Crippen molar-refractivity contribution in [3.63, 3.8) is 0 Å². The number of amides is 1. The van der Waals surface area contributed by atoms with Crippen LogP contribution >= 0.6 is 11.3 Å². The molecule has 0 saturated heterocycles. The van der Waals surface area contributed by atoms with Crippen LogP contribution in [0.4, 0.5) is 18.2 Å². The number of thiophene rings is 1. The first-order valence-corrected chi connectivity index (χ1v) is 8.74. The third-order valence-electron chi connectivity index (χ3n) is 3.93. The van der Waals surface area contributed by atoms with Crippen LogP contribution in [0, 0.1) is 0 Å². The van der Waals surface area contributed by atoms with Crippen LogP contribution < -0.4 is 10.8 Å². The molecule has 3 rings (SSSR count). The summed E-state index contributed by atoms with van der Waals surface area (Å²) in [4.78, 5) is 24.1. The zero-order valence-electron chi connectivity index (χ0n) is 14.1. The standard InChI is InChI=1S/C19H11BF3NO3S/c20-13-7-3-10(4-8-13)14-9-28-17(15(14)18(26)27)24-16(25)11-1-5-12(6-2-11)19(21,22)23/h1-9H,(H,24,25)(H,26,27). The van der Waals surface area contributed by atoms with E-state index in [1.54, 1.807) is 29.6 Å². The Bertz CT molecular complexity index is 1030. The van der Waals surface area contributed by atoms with E-state index in [2.05, 4.69) is 5.32 Å². The van der Waals surface area contributed by atoms with Crippen LogP contribution in [0.5, 0.6) is 0 Å². The maximum Gasteiger partial charge on any atom is 0.416 e. The van der Waals surface area contributed by atoms with Gasteiger partial charge in [0.15, 0.2) is 0 Å². The van der Waals surface area contributed by atoms with E-state index in [-0.39, 0.29) is 16.1 Å². The molecule has 0 fully saturated rings. The molecule has 1 heterocycles. The lowest BCUT2D eigenvalue weighted by Gasteiger charge is -2.09. The summed E-state index contributed by atoms with van der Waals surface area (Å²) in [5, 5.41) is 13.7. The van der Waals surface area contributed by atoms with Crippen molar-refractivity contribution in [2.24, 2.45) is 0 Å². The van der Waals surface area contributed by atoms with Crippen molar-refractivity contribution in [2.45, 2.75) is 6.18 Å². The Morgan fingerprint density at radius 1 is 1.00 bits per heavy atom. The van der Waals surface area contributed by atoms with Crippen molar-refractivity contribution in [3.05, 3.63) is 70.6 Å². The summed E-state index contributed by atoms with van der Waals surface area (Å²) < 4.78 is 37.9. The molecule has 0 aliphatic carbocycles. The van der Waals surface area contributed by atoms with Gasteiger partial charge in [0.05, 0.1) is 5.56 Å². The Labute approximate surface area is 163 Å². The topological polar surface area (TPSA) is 66.4 Å². The number of aromatic carboxylic acids is 1. The SMILES string of the molecule is [B]c1ccc(-c2csc(NC(=O)c3ccc(C(F)(F)F)cc3)c2C(=O)O)cc1. The van der Waals surface area contributed by atoms with Gasteiger partial charge in [0.25, 0.3) is 5.91 Å². The predicted octanol–water partition coefficient (Wildman–Crippen LogP) is 4.18. The van der Waals surface area contributed by atoms with Crippen molar-refractivity contribution in [1.29, 1.82) is 0 Å². The Morgan fingerprint density at radius 2 is 1.61 bits per heavy atom. The molecule has 2 radical (unpaired) electrons. The summed E-state index contributed by atoms with van der Waals surface area (Å²) in [5.74, 6) is -1.95. The van der Waals surface area contributed by atoms with E-state index in [4.69, 9.17) is 7.85 Å². The lowest BCUT2D eigenvalue weighted by atomic mass is 9.93.